The summed E-state index contributed by atoms with van der Waals surface area (Å²) in [6, 6.07) is 5.79. The van der Waals surface area contributed by atoms with E-state index >= 15 is 0 Å². The number of rotatable bonds is 4. The molecule has 1 N–H and O–H groups in total. The number of nitrogens with zero attached hydrogens (tertiary/aromatic N) is 4. The average molecular weight is 325 g/mol. The predicted octanol–water partition coefficient (Wildman–Crippen LogP) is 2.02. The lowest BCUT2D eigenvalue weighted by molar-refractivity contribution is -0.125. The third kappa shape index (κ3) is 4.07. The fraction of sp³-hybridized carbons (Fsp3) is 0.444. The van der Waals surface area contributed by atoms with E-state index in [0.717, 1.165) is 42.3 Å². The zero-order valence-corrected chi connectivity index (χ0v) is 14.2. The van der Waals surface area contributed by atoms with Gasteiger partial charge in [-0.2, -0.15) is 0 Å². The number of amides is 1. The van der Waals surface area contributed by atoms with Gasteiger partial charge < -0.3 is 10.2 Å². The maximum absolute atomic E-state index is 12.5. The van der Waals surface area contributed by atoms with Crippen LogP contribution in [0.15, 0.2) is 30.6 Å². The lowest BCUT2D eigenvalue weighted by Gasteiger charge is -2.32. The monoisotopic (exact) mass is 325 g/mol. The summed E-state index contributed by atoms with van der Waals surface area (Å²) in [5.74, 6) is 0.810. The van der Waals surface area contributed by atoms with Crippen molar-refractivity contribution >= 4 is 11.9 Å². The molecule has 126 valence electrons. The van der Waals surface area contributed by atoms with Gasteiger partial charge in [-0.15, -0.1) is 0 Å². The van der Waals surface area contributed by atoms with Crippen molar-refractivity contribution in [3.63, 3.8) is 0 Å². The Bertz CT molecular complexity index is 684. The van der Waals surface area contributed by atoms with Crippen molar-refractivity contribution in [1.82, 2.24) is 20.3 Å². The highest BCUT2D eigenvalue weighted by atomic mass is 16.1. The predicted molar refractivity (Wildman–Crippen MR) is 92.5 cm³/mol. The second-order valence-corrected chi connectivity index (χ2v) is 6.31. The van der Waals surface area contributed by atoms with E-state index in [4.69, 9.17) is 0 Å². The van der Waals surface area contributed by atoms with Gasteiger partial charge in [-0.1, -0.05) is 0 Å². The van der Waals surface area contributed by atoms with E-state index in [9.17, 15) is 4.79 Å². The molecule has 0 radical (unpaired) electrons. The molecule has 0 spiro atoms. The van der Waals surface area contributed by atoms with E-state index in [-0.39, 0.29) is 11.8 Å². The fourth-order valence-electron chi connectivity index (χ4n) is 3.06. The molecule has 2 aromatic heterocycles. The molecule has 24 heavy (non-hydrogen) atoms. The first-order valence-corrected chi connectivity index (χ1v) is 8.35. The van der Waals surface area contributed by atoms with E-state index in [1.807, 2.05) is 32.0 Å². The lowest BCUT2D eigenvalue weighted by Crippen LogP contribution is -2.43. The number of pyridine rings is 1. The topological polar surface area (TPSA) is 71.0 Å². The first kappa shape index (κ1) is 16.4. The van der Waals surface area contributed by atoms with Crippen molar-refractivity contribution in [2.75, 3.05) is 18.0 Å². The number of nitrogens with one attached hydrogen (secondary N) is 1. The van der Waals surface area contributed by atoms with E-state index in [0.29, 0.717) is 13.1 Å². The molecule has 1 saturated heterocycles. The summed E-state index contributed by atoms with van der Waals surface area (Å²) in [7, 11) is 0. The van der Waals surface area contributed by atoms with Crippen molar-refractivity contribution in [3.05, 3.63) is 47.5 Å². The van der Waals surface area contributed by atoms with Crippen LogP contribution in [0.2, 0.25) is 0 Å². The quantitative estimate of drug-likeness (QED) is 0.931. The Morgan fingerprint density at radius 1 is 1.25 bits per heavy atom. The second kappa shape index (κ2) is 7.38. The smallest absolute Gasteiger partial charge is 0.225 e. The van der Waals surface area contributed by atoms with Crippen molar-refractivity contribution in [2.24, 2.45) is 5.92 Å². The number of hydrogen-bond donors (Lipinski definition) is 1. The van der Waals surface area contributed by atoms with Gasteiger partial charge in [0.2, 0.25) is 11.9 Å². The summed E-state index contributed by atoms with van der Waals surface area (Å²) in [4.78, 5) is 27.6. The van der Waals surface area contributed by atoms with Crippen LogP contribution in [-0.4, -0.2) is 33.9 Å². The van der Waals surface area contributed by atoms with Gasteiger partial charge in [0.15, 0.2) is 0 Å². The summed E-state index contributed by atoms with van der Waals surface area (Å²) in [6.45, 7) is 6.06. The molecule has 6 nitrogen and oxygen atoms in total. The maximum atomic E-state index is 12.5. The van der Waals surface area contributed by atoms with Crippen molar-refractivity contribution in [3.8, 4) is 0 Å². The summed E-state index contributed by atoms with van der Waals surface area (Å²) in [5, 5.41) is 3.03. The Labute approximate surface area is 142 Å². The van der Waals surface area contributed by atoms with Gasteiger partial charge >= 0.3 is 0 Å². The van der Waals surface area contributed by atoms with Gasteiger partial charge in [0.25, 0.3) is 0 Å². The number of anilines is 1. The fourth-order valence-corrected chi connectivity index (χ4v) is 3.06. The molecule has 1 amide bonds. The zero-order chi connectivity index (χ0) is 16.9. The van der Waals surface area contributed by atoms with E-state index in [1.165, 1.54) is 0 Å². The minimum absolute atomic E-state index is 0.0231. The first-order valence-electron chi connectivity index (χ1n) is 8.35. The Hall–Kier alpha value is -2.50. The van der Waals surface area contributed by atoms with Gasteiger partial charge in [0, 0.05) is 43.4 Å². The minimum atomic E-state index is -0.0231. The Kier molecular flexibility index (Phi) is 5.03. The van der Waals surface area contributed by atoms with Crippen LogP contribution in [0.5, 0.6) is 0 Å². The number of hydrogen-bond acceptors (Lipinski definition) is 5. The summed E-state index contributed by atoms with van der Waals surface area (Å²) < 4.78 is 0. The van der Waals surface area contributed by atoms with E-state index in [2.05, 4.69) is 25.2 Å². The molecule has 0 aromatic carbocycles. The Morgan fingerprint density at radius 3 is 2.67 bits per heavy atom. The SMILES string of the molecule is Cc1cc(C)nc(N2CCC[C@H](C(=O)NCc3ccncc3)C2)n1. The van der Waals surface area contributed by atoms with Crippen LogP contribution in [0.25, 0.3) is 0 Å². The van der Waals surface area contributed by atoms with Crippen LogP contribution in [0.4, 0.5) is 5.95 Å². The Balaban J connectivity index is 1.61. The highest BCUT2D eigenvalue weighted by Crippen LogP contribution is 2.21. The normalized spacial score (nSPS) is 17.6. The molecule has 3 rings (SSSR count). The lowest BCUT2D eigenvalue weighted by atomic mass is 9.97. The molecular formula is C18H23N5O. The molecule has 6 heteroatoms. The van der Waals surface area contributed by atoms with Crippen molar-refractivity contribution in [2.45, 2.75) is 33.2 Å². The number of piperidine rings is 1. The molecular weight excluding hydrogens is 302 g/mol. The third-order valence-corrected chi connectivity index (χ3v) is 4.26. The van der Waals surface area contributed by atoms with Crippen LogP contribution >= 0.6 is 0 Å². The van der Waals surface area contributed by atoms with Crippen LogP contribution in [0.1, 0.15) is 29.8 Å². The largest absolute Gasteiger partial charge is 0.352 e. The molecule has 1 aliphatic rings. The number of carbonyl (C=O) groups is 1. The van der Waals surface area contributed by atoms with Crippen molar-refractivity contribution in [1.29, 1.82) is 0 Å². The van der Waals surface area contributed by atoms with Gasteiger partial charge in [-0.25, -0.2) is 9.97 Å². The van der Waals surface area contributed by atoms with Crippen LogP contribution in [0.3, 0.4) is 0 Å². The van der Waals surface area contributed by atoms with Crippen molar-refractivity contribution < 1.29 is 4.79 Å². The van der Waals surface area contributed by atoms with Gasteiger partial charge in [0.1, 0.15) is 0 Å². The van der Waals surface area contributed by atoms with Gasteiger partial charge in [-0.3, -0.25) is 9.78 Å². The number of aryl methyl sites for hydroxylation is 2. The maximum Gasteiger partial charge on any atom is 0.225 e. The average Bonchev–Trinajstić information content (AvgIpc) is 2.60. The highest BCUT2D eigenvalue weighted by molar-refractivity contribution is 5.79. The number of carbonyl (C=O) groups excluding carboxylic acids is 1. The molecule has 2 aromatic rings. The first-order chi connectivity index (χ1) is 11.6. The molecule has 0 bridgehead atoms. The standard InChI is InChI=1S/C18H23N5O/c1-13-10-14(2)22-18(21-13)23-9-3-4-16(12-23)17(24)20-11-15-5-7-19-8-6-15/h5-8,10,16H,3-4,9,11-12H2,1-2H3,(H,20,24)/t16-/m0/s1. The molecule has 0 aliphatic carbocycles. The third-order valence-electron chi connectivity index (χ3n) is 4.26. The zero-order valence-electron chi connectivity index (χ0n) is 14.2. The highest BCUT2D eigenvalue weighted by Gasteiger charge is 2.27. The second-order valence-electron chi connectivity index (χ2n) is 6.31. The summed E-state index contributed by atoms with van der Waals surface area (Å²) in [6.07, 6.45) is 5.36. The van der Waals surface area contributed by atoms with Crippen LogP contribution in [-0.2, 0) is 11.3 Å². The number of aromatic nitrogens is 3. The van der Waals surface area contributed by atoms with Gasteiger partial charge in [0.05, 0.1) is 5.92 Å². The van der Waals surface area contributed by atoms with E-state index in [1.54, 1.807) is 12.4 Å². The Morgan fingerprint density at radius 2 is 1.96 bits per heavy atom. The molecule has 0 unspecified atom stereocenters. The summed E-state index contributed by atoms with van der Waals surface area (Å²) in [5.41, 5.74) is 2.98. The van der Waals surface area contributed by atoms with Gasteiger partial charge in [-0.05, 0) is 50.5 Å². The van der Waals surface area contributed by atoms with E-state index < -0.39 is 0 Å². The molecule has 1 aliphatic heterocycles. The molecule has 0 saturated carbocycles. The minimum Gasteiger partial charge on any atom is -0.352 e. The molecule has 3 heterocycles. The van der Waals surface area contributed by atoms with Crippen LogP contribution in [0, 0.1) is 19.8 Å². The molecule has 1 atom stereocenters. The summed E-state index contributed by atoms with van der Waals surface area (Å²) >= 11 is 0. The van der Waals surface area contributed by atoms with Crippen LogP contribution < -0.4 is 10.2 Å². The molecule has 1 fully saturated rings.